The van der Waals surface area contributed by atoms with Crippen LogP contribution in [0.1, 0.15) is 57.7 Å². The highest BCUT2D eigenvalue weighted by Crippen LogP contribution is 2.19. The molecule has 7 heteroatoms. The van der Waals surface area contributed by atoms with Crippen molar-refractivity contribution in [1.29, 1.82) is 0 Å². The summed E-state index contributed by atoms with van der Waals surface area (Å²) < 4.78 is 1.13. The third-order valence-electron chi connectivity index (χ3n) is 3.50. The number of benzene rings is 1. The molecule has 0 unspecified atom stereocenters. The van der Waals surface area contributed by atoms with Crippen LogP contribution >= 0.6 is 22.6 Å². The Bertz CT molecular complexity index is 708. The summed E-state index contributed by atoms with van der Waals surface area (Å²) in [5.74, 6) is -2.33. The van der Waals surface area contributed by atoms with Crippen molar-refractivity contribution < 1.29 is 19.8 Å². The number of hydrogen-bond acceptors (Lipinski definition) is 3. The van der Waals surface area contributed by atoms with Gasteiger partial charge in [-0.3, -0.25) is 0 Å². The second-order valence-corrected chi connectivity index (χ2v) is 6.46. The molecular formula is C16H17IN2O4. The van der Waals surface area contributed by atoms with Crippen LogP contribution < -0.4 is 0 Å². The van der Waals surface area contributed by atoms with Crippen molar-refractivity contribution in [2.45, 2.75) is 32.6 Å². The molecule has 6 nitrogen and oxygen atoms in total. The third kappa shape index (κ3) is 4.31. The Morgan fingerprint density at radius 2 is 1.96 bits per heavy atom. The number of nitrogens with zero attached hydrogens (tertiary/aromatic N) is 1. The molecule has 122 valence electrons. The first kappa shape index (κ1) is 17.5. The summed E-state index contributed by atoms with van der Waals surface area (Å²) in [7, 11) is 0. The number of rotatable bonds is 7. The van der Waals surface area contributed by atoms with Crippen molar-refractivity contribution in [3.05, 3.63) is 50.1 Å². The standard InChI is InChI=1S/C16H17IN2O4/c1-2-3-4-9-7-11(17)6-5-10(9)8-12-18-13(15(20)21)14(19-12)16(22)23/h5-7H,2-4,8H2,1H3,(H,18,19)(H,20,21)(H,22,23). The smallest absolute Gasteiger partial charge is 0.357 e. The van der Waals surface area contributed by atoms with E-state index in [2.05, 4.69) is 45.5 Å². The van der Waals surface area contributed by atoms with Crippen LogP contribution in [0, 0.1) is 3.57 Å². The molecule has 0 aliphatic carbocycles. The zero-order valence-corrected chi connectivity index (χ0v) is 14.8. The molecule has 0 spiro atoms. The summed E-state index contributed by atoms with van der Waals surface area (Å²) in [6.07, 6.45) is 3.45. The Labute approximate surface area is 147 Å². The second kappa shape index (κ2) is 7.58. The number of aryl methyl sites for hydroxylation is 1. The number of carboxylic acid groups (broad SMARTS) is 2. The van der Waals surface area contributed by atoms with Gasteiger partial charge in [0.2, 0.25) is 0 Å². The number of H-pyrrole nitrogens is 1. The Morgan fingerprint density at radius 3 is 2.52 bits per heavy atom. The van der Waals surface area contributed by atoms with Gasteiger partial charge in [0.1, 0.15) is 5.82 Å². The molecule has 3 N–H and O–H groups in total. The summed E-state index contributed by atoms with van der Waals surface area (Å²) >= 11 is 2.25. The molecule has 2 rings (SSSR count). The number of aromatic amines is 1. The van der Waals surface area contributed by atoms with Crippen LogP contribution in [-0.2, 0) is 12.8 Å². The number of unbranched alkanes of at least 4 members (excludes halogenated alkanes) is 1. The van der Waals surface area contributed by atoms with E-state index in [-0.39, 0.29) is 5.69 Å². The quantitative estimate of drug-likeness (QED) is 0.587. The van der Waals surface area contributed by atoms with Crippen LogP contribution in [0.15, 0.2) is 18.2 Å². The summed E-state index contributed by atoms with van der Waals surface area (Å²) in [5.41, 5.74) is 1.38. The lowest BCUT2D eigenvalue weighted by molar-refractivity contribution is 0.0644. The van der Waals surface area contributed by atoms with E-state index >= 15 is 0 Å². The van der Waals surface area contributed by atoms with Gasteiger partial charge in [-0.25, -0.2) is 14.6 Å². The topological polar surface area (TPSA) is 103 Å². The fraction of sp³-hybridized carbons (Fsp3) is 0.312. The number of hydrogen-bond donors (Lipinski definition) is 3. The first-order chi connectivity index (χ1) is 10.9. The highest BCUT2D eigenvalue weighted by molar-refractivity contribution is 14.1. The molecule has 1 heterocycles. The predicted octanol–water partition coefficient (Wildman–Crippen LogP) is 3.34. The number of aromatic nitrogens is 2. The van der Waals surface area contributed by atoms with Crippen molar-refractivity contribution in [3.63, 3.8) is 0 Å². The molecule has 0 atom stereocenters. The molecule has 0 saturated heterocycles. The van der Waals surface area contributed by atoms with E-state index in [1.165, 1.54) is 5.56 Å². The van der Waals surface area contributed by atoms with Gasteiger partial charge in [-0.1, -0.05) is 19.4 Å². The van der Waals surface area contributed by atoms with Gasteiger partial charge in [-0.15, -0.1) is 0 Å². The number of imidazole rings is 1. The molecule has 1 aromatic carbocycles. The largest absolute Gasteiger partial charge is 0.477 e. The molecule has 0 bridgehead atoms. The van der Waals surface area contributed by atoms with Crippen LogP contribution in [0.25, 0.3) is 0 Å². The van der Waals surface area contributed by atoms with E-state index < -0.39 is 17.6 Å². The van der Waals surface area contributed by atoms with Crippen molar-refractivity contribution in [1.82, 2.24) is 9.97 Å². The Hall–Kier alpha value is -1.90. The fourth-order valence-electron chi connectivity index (χ4n) is 2.36. The minimum Gasteiger partial charge on any atom is -0.477 e. The van der Waals surface area contributed by atoms with Gasteiger partial charge in [0.05, 0.1) is 0 Å². The number of carboxylic acids is 2. The highest BCUT2D eigenvalue weighted by Gasteiger charge is 2.22. The van der Waals surface area contributed by atoms with Crippen molar-refractivity contribution in [3.8, 4) is 0 Å². The van der Waals surface area contributed by atoms with Gasteiger partial charge in [-0.2, -0.15) is 0 Å². The molecular weight excluding hydrogens is 411 g/mol. The van der Waals surface area contributed by atoms with E-state index in [0.717, 1.165) is 28.4 Å². The lowest BCUT2D eigenvalue weighted by Gasteiger charge is -2.09. The second-order valence-electron chi connectivity index (χ2n) is 5.21. The SMILES string of the molecule is CCCCc1cc(I)ccc1Cc1nc(C(=O)O)c(C(=O)O)[nH]1. The lowest BCUT2D eigenvalue weighted by Crippen LogP contribution is -2.07. The van der Waals surface area contributed by atoms with Gasteiger partial charge >= 0.3 is 11.9 Å². The Morgan fingerprint density at radius 1 is 1.22 bits per heavy atom. The van der Waals surface area contributed by atoms with E-state index in [4.69, 9.17) is 10.2 Å². The van der Waals surface area contributed by atoms with Crippen LogP contribution in [0.4, 0.5) is 0 Å². The zero-order valence-electron chi connectivity index (χ0n) is 12.6. The maximum absolute atomic E-state index is 11.1. The molecule has 0 radical (unpaired) electrons. The van der Waals surface area contributed by atoms with Gasteiger partial charge < -0.3 is 15.2 Å². The third-order valence-corrected chi connectivity index (χ3v) is 4.17. The predicted molar refractivity (Wildman–Crippen MR) is 93.1 cm³/mol. The van der Waals surface area contributed by atoms with Gasteiger partial charge in [0.15, 0.2) is 11.4 Å². The zero-order chi connectivity index (χ0) is 17.0. The summed E-state index contributed by atoms with van der Waals surface area (Å²) in [6.45, 7) is 2.12. The average molecular weight is 428 g/mol. The van der Waals surface area contributed by atoms with Crippen LogP contribution in [0.5, 0.6) is 0 Å². The van der Waals surface area contributed by atoms with E-state index in [1.807, 2.05) is 12.1 Å². The maximum atomic E-state index is 11.1. The minimum atomic E-state index is -1.35. The van der Waals surface area contributed by atoms with Crippen LogP contribution in [0.3, 0.4) is 0 Å². The molecule has 2 aromatic rings. The molecule has 0 aliphatic rings. The molecule has 0 aliphatic heterocycles. The van der Waals surface area contributed by atoms with Gasteiger partial charge in [0.25, 0.3) is 0 Å². The molecule has 1 aromatic heterocycles. The number of halogens is 1. The molecule has 0 fully saturated rings. The summed E-state index contributed by atoms with van der Waals surface area (Å²) in [5, 5.41) is 18.1. The number of aromatic carboxylic acids is 2. The van der Waals surface area contributed by atoms with Crippen LogP contribution in [0.2, 0.25) is 0 Å². The Kier molecular flexibility index (Phi) is 5.75. The number of nitrogens with one attached hydrogen (secondary N) is 1. The maximum Gasteiger partial charge on any atom is 0.357 e. The first-order valence-corrected chi connectivity index (χ1v) is 8.33. The van der Waals surface area contributed by atoms with Crippen molar-refractivity contribution in [2.75, 3.05) is 0 Å². The highest BCUT2D eigenvalue weighted by atomic mass is 127. The van der Waals surface area contributed by atoms with E-state index in [9.17, 15) is 9.59 Å². The van der Waals surface area contributed by atoms with E-state index in [0.29, 0.717) is 12.2 Å². The summed E-state index contributed by atoms with van der Waals surface area (Å²) in [6, 6.07) is 6.06. The van der Waals surface area contributed by atoms with E-state index in [1.54, 1.807) is 0 Å². The van der Waals surface area contributed by atoms with Gasteiger partial charge in [0, 0.05) is 9.99 Å². The molecule has 0 saturated carbocycles. The Balaban J connectivity index is 2.34. The first-order valence-electron chi connectivity index (χ1n) is 7.25. The minimum absolute atomic E-state index is 0.346. The molecule has 23 heavy (non-hydrogen) atoms. The number of carbonyl (C=O) groups is 2. The van der Waals surface area contributed by atoms with Crippen molar-refractivity contribution >= 4 is 34.5 Å². The van der Waals surface area contributed by atoms with Crippen molar-refractivity contribution in [2.24, 2.45) is 0 Å². The fourth-order valence-corrected chi connectivity index (χ4v) is 2.92. The monoisotopic (exact) mass is 428 g/mol. The average Bonchev–Trinajstić information content (AvgIpc) is 2.92. The molecule has 0 amide bonds. The lowest BCUT2D eigenvalue weighted by atomic mass is 9.99. The normalized spacial score (nSPS) is 10.7. The van der Waals surface area contributed by atoms with Gasteiger partial charge in [-0.05, 0) is 58.7 Å². The van der Waals surface area contributed by atoms with Crippen LogP contribution in [-0.4, -0.2) is 32.1 Å². The summed E-state index contributed by atoms with van der Waals surface area (Å²) in [4.78, 5) is 28.8.